The van der Waals surface area contributed by atoms with Gasteiger partial charge in [0.15, 0.2) is 0 Å². The second-order valence-electron chi connectivity index (χ2n) is 5.03. The van der Waals surface area contributed by atoms with Gasteiger partial charge in [0, 0.05) is 22.6 Å². The first-order valence-electron chi connectivity index (χ1n) is 6.93. The minimum atomic E-state index is -0.0640. The zero-order chi connectivity index (χ0) is 15.2. The third-order valence-corrected chi connectivity index (χ3v) is 4.28. The van der Waals surface area contributed by atoms with E-state index in [1.807, 2.05) is 55.5 Å². The number of aryl methyl sites for hydroxylation is 1. The van der Waals surface area contributed by atoms with Crippen LogP contribution in [0.25, 0.3) is 0 Å². The van der Waals surface area contributed by atoms with Crippen LogP contribution in [0, 0.1) is 6.92 Å². The largest absolute Gasteiger partial charge is 0.352 e. The van der Waals surface area contributed by atoms with E-state index in [-0.39, 0.29) is 11.9 Å². The fourth-order valence-corrected chi connectivity index (χ4v) is 2.34. The summed E-state index contributed by atoms with van der Waals surface area (Å²) in [6.07, 6.45) is 0.714. The van der Waals surface area contributed by atoms with Gasteiger partial charge in [-0.2, -0.15) is 0 Å². The molecule has 1 atom stereocenters. The van der Waals surface area contributed by atoms with Crippen molar-refractivity contribution in [1.29, 1.82) is 0 Å². The lowest BCUT2D eigenvalue weighted by molar-refractivity contribution is 0.0952. The van der Waals surface area contributed by atoms with Crippen LogP contribution in [0.2, 0.25) is 0 Å². The van der Waals surface area contributed by atoms with Gasteiger partial charge in [-0.25, -0.2) is 0 Å². The highest BCUT2D eigenvalue weighted by atomic mass is 79.9. The Kier molecular flexibility index (Phi) is 5.53. The number of rotatable bonds is 5. The Bertz CT molecular complexity index is 613. The van der Waals surface area contributed by atoms with Crippen LogP contribution in [-0.4, -0.2) is 12.5 Å². The minimum absolute atomic E-state index is 0.0573. The number of benzene rings is 2. The zero-order valence-corrected chi connectivity index (χ0v) is 13.6. The van der Waals surface area contributed by atoms with Crippen LogP contribution in [0.5, 0.6) is 0 Å². The molecule has 2 rings (SSSR count). The Morgan fingerprint density at radius 2 is 1.95 bits per heavy atom. The summed E-state index contributed by atoms with van der Waals surface area (Å²) in [7, 11) is 0. The van der Waals surface area contributed by atoms with Gasteiger partial charge in [0.05, 0.1) is 0 Å². The number of hydrogen-bond acceptors (Lipinski definition) is 2. The van der Waals surface area contributed by atoms with Crippen LogP contribution in [-0.2, 0) is 0 Å². The topological polar surface area (TPSA) is 55.1 Å². The van der Waals surface area contributed by atoms with Gasteiger partial charge in [-0.3, -0.25) is 4.79 Å². The van der Waals surface area contributed by atoms with E-state index in [1.54, 1.807) is 0 Å². The average molecular weight is 347 g/mol. The molecule has 0 heterocycles. The Hall–Kier alpha value is -1.65. The molecule has 2 aromatic rings. The molecule has 0 aliphatic carbocycles. The molecule has 21 heavy (non-hydrogen) atoms. The first kappa shape index (κ1) is 15.7. The van der Waals surface area contributed by atoms with Gasteiger partial charge in [-0.05, 0) is 42.7 Å². The monoisotopic (exact) mass is 346 g/mol. The van der Waals surface area contributed by atoms with E-state index in [0.717, 1.165) is 15.6 Å². The summed E-state index contributed by atoms with van der Waals surface area (Å²) in [5, 5.41) is 2.91. The SMILES string of the molecule is Cc1cc(C(=O)NCCC(N)c2ccccc2)ccc1Br. The summed E-state index contributed by atoms with van der Waals surface area (Å²) in [5.41, 5.74) is 8.91. The molecule has 3 N–H and O–H groups in total. The van der Waals surface area contributed by atoms with Gasteiger partial charge in [0.25, 0.3) is 5.91 Å². The van der Waals surface area contributed by atoms with Crippen molar-refractivity contribution in [3.05, 3.63) is 69.7 Å². The van der Waals surface area contributed by atoms with Gasteiger partial charge >= 0.3 is 0 Å². The minimum Gasteiger partial charge on any atom is -0.352 e. The third-order valence-electron chi connectivity index (χ3n) is 3.39. The van der Waals surface area contributed by atoms with Crippen LogP contribution < -0.4 is 11.1 Å². The summed E-state index contributed by atoms with van der Waals surface area (Å²) in [5.74, 6) is -0.0640. The Morgan fingerprint density at radius 1 is 1.24 bits per heavy atom. The van der Waals surface area contributed by atoms with Crippen molar-refractivity contribution < 1.29 is 4.79 Å². The molecule has 1 unspecified atom stereocenters. The van der Waals surface area contributed by atoms with Crippen molar-refractivity contribution in [1.82, 2.24) is 5.32 Å². The molecule has 0 aliphatic rings. The van der Waals surface area contributed by atoms with Crippen molar-refractivity contribution >= 4 is 21.8 Å². The molecular weight excluding hydrogens is 328 g/mol. The van der Waals surface area contributed by atoms with Crippen molar-refractivity contribution in [2.75, 3.05) is 6.54 Å². The number of nitrogens with one attached hydrogen (secondary N) is 1. The lowest BCUT2D eigenvalue weighted by atomic mass is 10.0. The van der Waals surface area contributed by atoms with Crippen LogP contribution in [0.4, 0.5) is 0 Å². The smallest absolute Gasteiger partial charge is 0.251 e. The van der Waals surface area contributed by atoms with Gasteiger partial charge in [-0.1, -0.05) is 46.3 Å². The molecule has 1 amide bonds. The second kappa shape index (κ2) is 7.38. The van der Waals surface area contributed by atoms with Crippen molar-refractivity contribution in [3.8, 4) is 0 Å². The molecule has 0 radical (unpaired) electrons. The molecule has 0 saturated heterocycles. The lowest BCUT2D eigenvalue weighted by Gasteiger charge is -2.12. The molecular formula is C17H19BrN2O. The van der Waals surface area contributed by atoms with Crippen LogP contribution in [0.3, 0.4) is 0 Å². The van der Waals surface area contributed by atoms with Crippen molar-refractivity contribution in [2.45, 2.75) is 19.4 Å². The summed E-state index contributed by atoms with van der Waals surface area (Å²) >= 11 is 3.43. The van der Waals surface area contributed by atoms with Crippen LogP contribution in [0.15, 0.2) is 53.0 Å². The summed E-state index contributed by atoms with van der Waals surface area (Å²) in [6, 6.07) is 15.4. The molecule has 0 spiro atoms. The second-order valence-corrected chi connectivity index (χ2v) is 5.88. The van der Waals surface area contributed by atoms with E-state index in [4.69, 9.17) is 5.73 Å². The highest BCUT2D eigenvalue weighted by molar-refractivity contribution is 9.10. The lowest BCUT2D eigenvalue weighted by Crippen LogP contribution is -2.27. The number of carbonyl (C=O) groups is 1. The molecule has 0 bridgehead atoms. The number of carbonyl (C=O) groups excluding carboxylic acids is 1. The van der Waals surface area contributed by atoms with Crippen LogP contribution >= 0.6 is 15.9 Å². The third kappa shape index (κ3) is 4.41. The fraction of sp³-hybridized carbons (Fsp3) is 0.235. The number of halogens is 1. The molecule has 2 aromatic carbocycles. The Balaban J connectivity index is 1.85. The normalized spacial score (nSPS) is 12.0. The molecule has 0 aliphatic heterocycles. The van der Waals surface area contributed by atoms with E-state index >= 15 is 0 Å². The van der Waals surface area contributed by atoms with Crippen molar-refractivity contribution in [2.24, 2.45) is 5.73 Å². The summed E-state index contributed by atoms with van der Waals surface area (Å²) in [6.45, 7) is 2.52. The van der Waals surface area contributed by atoms with Gasteiger partial charge < -0.3 is 11.1 Å². The summed E-state index contributed by atoms with van der Waals surface area (Å²) in [4.78, 5) is 12.1. The first-order chi connectivity index (χ1) is 10.1. The zero-order valence-electron chi connectivity index (χ0n) is 12.0. The molecule has 0 fully saturated rings. The number of amides is 1. The molecule has 4 heteroatoms. The maximum Gasteiger partial charge on any atom is 0.251 e. The molecule has 3 nitrogen and oxygen atoms in total. The Morgan fingerprint density at radius 3 is 2.62 bits per heavy atom. The maximum absolute atomic E-state index is 12.1. The summed E-state index contributed by atoms with van der Waals surface area (Å²) < 4.78 is 1.00. The highest BCUT2D eigenvalue weighted by Gasteiger charge is 2.09. The number of hydrogen-bond donors (Lipinski definition) is 2. The molecule has 0 aromatic heterocycles. The molecule has 110 valence electrons. The highest BCUT2D eigenvalue weighted by Crippen LogP contribution is 2.17. The van der Waals surface area contributed by atoms with E-state index in [2.05, 4.69) is 21.2 Å². The number of nitrogens with two attached hydrogens (primary N) is 1. The van der Waals surface area contributed by atoms with E-state index in [0.29, 0.717) is 18.5 Å². The van der Waals surface area contributed by atoms with Gasteiger partial charge in [0.1, 0.15) is 0 Å². The standard InChI is InChI=1S/C17H19BrN2O/c1-12-11-14(7-8-15(12)18)17(21)20-10-9-16(19)13-5-3-2-4-6-13/h2-8,11,16H,9-10,19H2,1H3,(H,20,21). The Labute approximate surface area is 133 Å². The van der Waals surface area contributed by atoms with Gasteiger partial charge in [0.2, 0.25) is 0 Å². The van der Waals surface area contributed by atoms with E-state index in [1.165, 1.54) is 0 Å². The van der Waals surface area contributed by atoms with Crippen LogP contribution in [0.1, 0.15) is 33.9 Å². The predicted octanol–water partition coefficient (Wildman–Crippen LogP) is 3.58. The fourth-order valence-electron chi connectivity index (χ4n) is 2.10. The molecule has 0 saturated carbocycles. The quantitative estimate of drug-likeness (QED) is 0.869. The maximum atomic E-state index is 12.1. The van der Waals surface area contributed by atoms with E-state index < -0.39 is 0 Å². The predicted molar refractivity (Wildman–Crippen MR) is 89.2 cm³/mol. The first-order valence-corrected chi connectivity index (χ1v) is 7.72. The van der Waals surface area contributed by atoms with Crippen molar-refractivity contribution in [3.63, 3.8) is 0 Å². The van der Waals surface area contributed by atoms with E-state index in [9.17, 15) is 4.79 Å². The van der Waals surface area contributed by atoms with Gasteiger partial charge in [-0.15, -0.1) is 0 Å². The average Bonchev–Trinajstić information content (AvgIpc) is 2.50.